The summed E-state index contributed by atoms with van der Waals surface area (Å²) in [6, 6.07) is 9.45. The van der Waals surface area contributed by atoms with Crippen molar-refractivity contribution in [3.05, 3.63) is 30.3 Å². The topological polar surface area (TPSA) is 82.3 Å². The molecule has 0 amide bonds. The molecule has 0 spiro atoms. The Morgan fingerprint density at radius 3 is 3.04 bits per heavy atom. The molecule has 1 aromatic heterocycles. The lowest BCUT2D eigenvalue weighted by Crippen LogP contribution is -2.21. The number of tetrazole rings is 1. The number of nitrogens with zero attached hydrogens (tertiary/aromatic N) is 4. The highest BCUT2D eigenvalue weighted by Crippen LogP contribution is 2.19. The number of aliphatic hydroxyl groups excluding tert-OH is 1. The first-order valence-electron chi connectivity index (χ1n) is 7.68. The molecule has 8 heteroatoms. The highest BCUT2D eigenvalue weighted by Gasteiger charge is 2.19. The quantitative estimate of drug-likeness (QED) is 0.729. The number of rotatable bonds is 8. The van der Waals surface area contributed by atoms with E-state index in [1.165, 1.54) is 11.8 Å². The maximum atomic E-state index is 10.0. The molecule has 1 N–H and O–H groups in total. The lowest BCUT2D eigenvalue weighted by molar-refractivity contribution is 0.0911. The molecule has 0 aliphatic carbocycles. The summed E-state index contributed by atoms with van der Waals surface area (Å²) in [6.07, 6.45) is 1.72. The van der Waals surface area contributed by atoms with Crippen LogP contribution in [0.3, 0.4) is 0 Å². The molecule has 124 valence electrons. The van der Waals surface area contributed by atoms with Gasteiger partial charge < -0.3 is 14.6 Å². The van der Waals surface area contributed by atoms with Crippen molar-refractivity contribution >= 4 is 11.8 Å². The molecule has 1 aliphatic rings. The molecule has 23 heavy (non-hydrogen) atoms. The number of thioether (sulfide) groups is 1. The largest absolute Gasteiger partial charge is 0.491 e. The van der Waals surface area contributed by atoms with E-state index in [4.69, 9.17) is 9.47 Å². The highest BCUT2D eigenvalue weighted by molar-refractivity contribution is 7.99. The van der Waals surface area contributed by atoms with Gasteiger partial charge in [-0.15, -0.1) is 5.10 Å². The van der Waals surface area contributed by atoms with E-state index < -0.39 is 6.10 Å². The van der Waals surface area contributed by atoms with Crippen LogP contribution in [0.25, 0.3) is 0 Å². The van der Waals surface area contributed by atoms with Gasteiger partial charge in [0.1, 0.15) is 12.4 Å². The minimum absolute atomic E-state index is 0.184. The molecule has 1 fully saturated rings. The predicted molar refractivity (Wildman–Crippen MR) is 85.5 cm³/mol. The molecule has 2 atom stereocenters. The summed E-state index contributed by atoms with van der Waals surface area (Å²) in [4.78, 5) is 0. The van der Waals surface area contributed by atoms with E-state index in [-0.39, 0.29) is 12.7 Å². The third-order valence-electron chi connectivity index (χ3n) is 3.49. The molecule has 0 saturated carbocycles. The number of hydrogen-bond donors (Lipinski definition) is 1. The number of aromatic nitrogens is 4. The lowest BCUT2D eigenvalue weighted by atomic mass is 10.2. The molecule has 1 aromatic carbocycles. The van der Waals surface area contributed by atoms with Crippen LogP contribution in [0.15, 0.2) is 35.5 Å². The van der Waals surface area contributed by atoms with Crippen molar-refractivity contribution in [2.75, 3.05) is 19.0 Å². The Hall–Kier alpha value is -1.64. The molecular formula is C15H20N4O3S. The maximum Gasteiger partial charge on any atom is 0.209 e. The zero-order valence-electron chi connectivity index (χ0n) is 12.7. The summed E-state index contributed by atoms with van der Waals surface area (Å²) in [5.74, 6) is 1.22. The SMILES string of the molecule is OC(COc1ccccc1)CSc1nnnn1CC1CCCO1. The summed E-state index contributed by atoms with van der Waals surface area (Å²) in [5, 5.41) is 22.4. The van der Waals surface area contributed by atoms with Crippen molar-refractivity contribution in [3.8, 4) is 5.75 Å². The van der Waals surface area contributed by atoms with Crippen molar-refractivity contribution in [2.24, 2.45) is 0 Å². The number of aliphatic hydroxyl groups is 1. The fourth-order valence-corrected chi connectivity index (χ4v) is 3.12. The fraction of sp³-hybridized carbons (Fsp3) is 0.533. The fourth-order valence-electron chi connectivity index (χ4n) is 2.32. The Labute approximate surface area is 139 Å². The Morgan fingerprint density at radius 1 is 1.39 bits per heavy atom. The normalized spacial score (nSPS) is 18.9. The molecule has 7 nitrogen and oxygen atoms in total. The van der Waals surface area contributed by atoms with Crippen molar-refractivity contribution in [1.29, 1.82) is 0 Å². The van der Waals surface area contributed by atoms with Crippen LogP contribution in [0.1, 0.15) is 12.8 Å². The van der Waals surface area contributed by atoms with E-state index in [0.717, 1.165) is 25.2 Å². The van der Waals surface area contributed by atoms with Crippen LogP contribution in [-0.2, 0) is 11.3 Å². The van der Waals surface area contributed by atoms with Crippen LogP contribution in [0.2, 0.25) is 0 Å². The van der Waals surface area contributed by atoms with Crippen molar-refractivity contribution < 1.29 is 14.6 Å². The van der Waals surface area contributed by atoms with Gasteiger partial charge in [-0.1, -0.05) is 30.0 Å². The second-order valence-electron chi connectivity index (χ2n) is 5.37. The van der Waals surface area contributed by atoms with E-state index >= 15 is 0 Å². The van der Waals surface area contributed by atoms with Gasteiger partial charge in [-0.3, -0.25) is 0 Å². The van der Waals surface area contributed by atoms with E-state index in [1.54, 1.807) is 4.68 Å². The smallest absolute Gasteiger partial charge is 0.209 e. The molecule has 3 rings (SSSR count). The van der Waals surface area contributed by atoms with Crippen molar-refractivity contribution in [3.63, 3.8) is 0 Å². The second kappa shape index (κ2) is 8.28. The van der Waals surface area contributed by atoms with E-state index in [9.17, 15) is 5.11 Å². The summed E-state index contributed by atoms with van der Waals surface area (Å²) >= 11 is 1.42. The van der Waals surface area contributed by atoms with E-state index in [1.807, 2.05) is 30.3 Å². The molecule has 2 heterocycles. The molecule has 0 radical (unpaired) electrons. The molecule has 1 aliphatic heterocycles. The van der Waals surface area contributed by atoms with Crippen LogP contribution in [-0.4, -0.2) is 56.5 Å². The third-order valence-corrected chi connectivity index (χ3v) is 4.59. The summed E-state index contributed by atoms with van der Waals surface area (Å²) < 4.78 is 12.9. The molecule has 1 saturated heterocycles. The zero-order valence-corrected chi connectivity index (χ0v) is 13.6. The Kier molecular flexibility index (Phi) is 5.84. The van der Waals surface area contributed by atoms with Crippen LogP contribution < -0.4 is 4.74 Å². The summed E-state index contributed by atoms with van der Waals surface area (Å²) in [6.45, 7) is 1.71. The van der Waals surface area contributed by atoms with E-state index in [0.29, 0.717) is 17.5 Å². The molecular weight excluding hydrogens is 316 g/mol. The number of benzene rings is 1. The molecule has 0 bridgehead atoms. The molecule has 2 unspecified atom stereocenters. The van der Waals surface area contributed by atoms with Crippen LogP contribution in [0.4, 0.5) is 0 Å². The van der Waals surface area contributed by atoms with Crippen LogP contribution >= 0.6 is 11.8 Å². The Balaban J connectivity index is 1.43. The van der Waals surface area contributed by atoms with Gasteiger partial charge >= 0.3 is 0 Å². The van der Waals surface area contributed by atoms with Crippen molar-refractivity contribution in [2.45, 2.75) is 36.8 Å². The van der Waals surface area contributed by atoms with Crippen LogP contribution in [0, 0.1) is 0 Å². The minimum Gasteiger partial charge on any atom is -0.491 e. The predicted octanol–water partition coefficient (Wildman–Crippen LogP) is 1.38. The standard InChI is InChI=1S/C15H20N4O3S/c20-12(10-22-13-5-2-1-3-6-13)11-23-15-16-17-18-19(15)9-14-7-4-8-21-14/h1-3,5-6,12,14,20H,4,7-11H2. The average Bonchev–Trinajstić information content (AvgIpc) is 3.24. The minimum atomic E-state index is -0.590. The molecule has 2 aromatic rings. The Morgan fingerprint density at radius 2 is 2.26 bits per heavy atom. The summed E-state index contributed by atoms with van der Waals surface area (Å²) in [5.41, 5.74) is 0. The van der Waals surface area contributed by atoms with Gasteiger partial charge in [0.25, 0.3) is 0 Å². The first-order chi connectivity index (χ1) is 11.3. The van der Waals surface area contributed by atoms with Gasteiger partial charge in [0.2, 0.25) is 5.16 Å². The summed E-state index contributed by atoms with van der Waals surface area (Å²) in [7, 11) is 0. The van der Waals surface area contributed by atoms with Gasteiger partial charge in [-0.25, -0.2) is 4.68 Å². The zero-order chi connectivity index (χ0) is 15.9. The highest BCUT2D eigenvalue weighted by atomic mass is 32.2. The lowest BCUT2D eigenvalue weighted by Gasteiger charge is -2.13. The van der Waals surface area contributed by atoms with Gasteiger partial charge in [-0.05, 0) is 35.4 Å². The van der Waals surface area contributed by atoms with Crippen LogP contribution in [0.5, 0.6) is 5.75 Å². The third kappa shape index (κ3) is 4.92. The first kappa shape index (κ1) is 16.2. The second-order valence-corrected chi connectivity index (χ2v) is 6.35. The average molecular weight is 336 g/mol. The maximum absolute atomic E-state index is 10.0. The van der Waals surface area contributed by atoms with Gasteiger partial charge in [0.15, 0.2) is 0 Å². The van der Waals surface area contributed by atoms with Gasteiger partial charge in [-0.2, -0.15) is 0 Å². The van der Waals surface area contributed by atoms with E-state index in [2.05, 4.69) is 15.5 Å². The van der Waals surface area contributed by atoms with Gasteiger partial charge in [0.05, 0.1) is 18.8 Å². The monoisotopic (exact) mass is 336 g/mol. The number of hydrogen-bond acceptors (Lipinski definition) is 7. The Bertz CT molecular complexity index is 589. The van der Waals surface area contributed by atoms with Crippen molar-refractivity contribution in [1.82, 2.24) is 20.2 Å². The number of para-hydroxylation sites is 1. The number of ether oxygens (including phenoxy) is 2. The first-order valence-corrected chi connectivity index (χ1v) is 8.66. The van der Waals surface area contributed by atoms with Gasteiger partial charge in [0, 0.05) is 12.4 Å².